The maximum Gasteiger partial charge on any atom is 0.276 e. The molecule has 0 aliphatic heterocycles. The molecule has 3 aromatic rings. The van der Waals surface area contributed by atoms with E-state index in [2.05, 4.69) is 22.0 Å². The van der Waals surface area contributed by atoms with Crippen molar-refractivity contribution in [3.63, 3.8) is 0 Å². The molecule has 0 radical (unpaired) electrons. The van der Waals surface area contributed by atoms with Gasteiger partial charge in [-0.3, -0.25) is 19.6 Å². The Morgan fingerprint density at radius 2 is 2.12 bits per heavy atom. The minimum absolute atomic E-state index is 0.303. The minimum atomic E-state index is -0.530. The predicted octanol–water partition coefficient (Wildman–Crippen LogP) is 2.10. The number of rotatable bonds is 6. The molecular weight excluding hydrogens is 332 g/mol. The highest BCUT2D eigenvalue weighted by molar-refractivity contribution is 6.03. The molecule has 0 aliphatic carbocycles. The monoisotopic (exact) mass is 352 g/mol. The lowest BCUT2D eigenvalue weighted by Gasteiger charge is -2.08. The highest BCUT2D eigenvalue weighted by atomic mass is 16.2. The van der Waals surface area contributed by atoms with Gasteiger partial charge in [0.1, 0.15) is 5.69 Å². The van der Waals surface area contributed by atoms with Crippen molar-refractivity contribution in [3.05, 3.63) is 53.9 Å². The fourth-order valence-electron chi connectivity index (χ4n) is 2.83. The second-order valence-electron chi connectivity index (χ2n) is 5.84. The summed E-state index contributed by atoms with van der Waals surface area (Å²) in [6, 6.07) is 6.72. The minimum Gasteiger partial charge on any atom is -0.366 e. The number of nitrogens with two attached hydrogens (primary N) is 1. The van der Waals surface area contributed by atoms with Gasteiger partial charge in [0, 0.05) is 18.7 Å². The van der Waals surface area contributed by atoms with E-state index in [1.807, 2.05) is 18.4 Å². The summed E-state index contributed by atoms with van der Waals surface area (Å²) in [6.07, 6.45) is 1.71. The molecule has 2 heterocycles. The van der Waals surface area contributed by atoms with Crippen LogP contribution in [0.25, 0.3) is 11.0 Å². The molecule has 0 aliphatic rings. The van der Waals surface area contributed by atoms with Crippen molar-refractivity contribution in [2.45, 2.75) is 26.9 Å². The summed E-state index contributed by atoms with van der Waals surface area (Å²) >= 11 is 0. The van der Waals surface area contributed by atoms with E-state index in [4.69, 9.17) is 5.73 Å². The van der Waals surface area contributed by atoms with Crippen LogP contribution in [0.5, 0.6) is 0 Å². The van der Waals surface area contributed by atoms with Gasteiger partial charge in [0.05, 0.1) is 16.7 Å². The van der Waals surface area contributed by atoms with Gasteiger partial charge in [0.15, 0.2) is 0 Å². The average Bonchev–Trinajstić information content (AvgIpc) is 3.15. The zero-order chi connectivity index (χ0) is 18.8. The number of hydrogen-bond acceptors (Lipinski definition) is 4. The molecule has 0 fully saturated rings. The summed E-state index contributed by atoms with van der Waals surface area (Å²) in [5.41, 5.74) is 8.25. The third-order valence-electron chi connectivity index (χ3n) is 4.00. The second-order valence-corrected chi connectivity index (χ2v) is 5.84. The SMILES string of the molecule is C=CCn1c(NC(=O)c2cc(C)nn2CC)nc2cc(C(N)=O)ccc21. The maximum atomic E-state index is 12.7. The average molecular weight is 352 g/mol. The Morgan fingerprint density at radius 3 is 2.77 bits per heavy atom. The number of fused-ring (bicyclic) bond motifs is 1. The van der Waals surface area contributed by atoms with E-state index in [1.165, 1.54) is 0 Å². The van der Waals surface area contributed by atoms with Gasteiger partial charge in [0.25, 0.3) is 5.91 Å². The van der Waals surface area contributed by atoms with Crippen molar-refractivity contribution in [2.75, 3.05) is 5.32 Å². The molecule has 0 spiro atoms. The number of aromatic nitrogens is 4. The lowest BCUT2D eigenvalue weighted by atomic mass is 10.2. The van der Waals surface area contributed by atoms with E-state index >= 15 is 0 Å². The first-order chi connectivity index (χ1) is 12.4. The van der Waals surface area contributed by atoms with Gasteiger partial charge in [-0.05, 0) is 38.1 Å². The number of nitrogens with one attached hydrogen (secondary N) is 1. The Bertz CT molecular complexity index is 1010. The number of hydrogen-bond donors (Lipinski definition) is 2. The summed E-state index contributed by atoms with van der Waals surface area (Å²) in [4.78, 5) is 28.5. The molecule has 3 N–H and O–H groups in total. The molecule has 0 unspecified atom stereocenters. The zero-order valence-corrected chi connectivity index (χ0v) is 14.7. The molecular formula is C18H20N6O2. The standard InChI is InChI=1S/C18H20N6O2/c1-4-8-23-14-7-6-12(16(19)25)10-13(14)20-18(23)21-17(26)15-9-11(3)22-24(15)5-2/h4,6-7,9-10H,1,5,8H2,2-3H3,(H2,19,25)(H,20,21,26). The van der Waals surface area contributed by atoms with Gasteiger partial charge in [-0.2, -0.15) is 5.10 Å². The third kappa shape index (κ3) is 3.08. The van der Waals surface area contributed by atoms with Crippen molar-refractivity contribution in [2.24, 2.45) is 5.73 Å². The largest absolute Gasteiger partial charge is 0.366 e. The van der Waals surface area contributed by atoms with E-state index in [0.29, 0.717) is 35.8 Å². The van der Waals surface area contributed by atoms with Gasteiger partial charge in [-0.15, -0.1) is 6.58 Å². The number of carbonyl (C=O) groups is 2. The van der Waals surface area contributed by atoms with Gasteiger partial charge in [-0.25, -0.2) is 4.98 Å². The summed E-state index contributed by atoms with van der Waals surface area (Å²) in [7, 11) is 0. The molecule has 2 aromatic heterocycles. The predicted molar refractivity (Wildman–Crippen MR) is 99.0 cm³/mol. The van der Waals surface area contributed by atoms with Crippen LogP contribution < -0.4 is 11.1 Å². The molecule has 0 bridgehead atoms. The number of aryl methyl sites for hydroxylation is 2. The van der Waals surface area contributed by atoms with Crippen LogP contribution in [0.15, 0.2) is 36.9 Å². The normalized spacial score (nSPS) is 10.8. The Kier molecular flexibility index (Phi) is 4.57. The van der Waals surface area contributed by atoms with Crippen molar-refractivity contribution >= 4 is 28.8 Å². The summed E-state index contributed by atoms with van der Waals surface area (Å²) in [5.74, 6) is -0.464. The smallest absolute Gasteiger partial charge is 0.276 e. The van der Waals surface area contributed by atoms with Crippen LogP contribution in [0.4, 0.5) is 5.95 Å². The summed E-state index contributed by atoms with van der Waals surface area (Å²) < 4.78 is 3.45. The van der Waals surface area contributed by atoms with E-state index in [0.717, 1.165) is 11.2 Å². The van der Waals surface area contributed by atoms with E-state index in [1.54, 1.807) is 35.0 Å². The zero-order valence-electron chi connectivity index (χ0n) is 14.7. The van der Waals surface area contributed by atoms with Crippen molar-refractivity contribution in [1.29, 1.82) is 0 Å². The highest BCUT2D eigenvalue weighted by Gasteiger charge is 2.18. The second kappa shape index (κ2) is 6.83. The van der Waals surface area contributed by atoms with Gasteiger partial charge < -0.3 is 10.3 Å². The van der Waals surface area contributed by atoms with Crippen LogP contribution in [0.3, 0.4) is 0 Å². The molecule has 3 rings (SSSR count). The van der Waals surface area contributed by atoms with E-state index in [9.17, 15) is 9.59 Å². The lowest BCUT2D eigenvalue weighted by Crippen LogP contribution is -2.19. The first-order valence-electron chi connectivity index (χ1n) is 8.21. The van der Waals surface area contributed by atoms with Gasteiger partial charge >= 0.3 is 0 Å². The van der Waals surface area contributed by atoms with Crippen LogP contribution in [-0.2, 0) is 13.1 Å². The van der Waals surface area contributed by atoms with Crippen LogP contribution in [0, 0.1) is 6.92 Å². The molecule has 8 nitrogen and oxygen atoms in total. The number of anilines is 1. The molecule has 8 heteroatoms. The van der Waals surface area contributed by atoms with Crippen LogP contribution in [-0.4, -0.2) is 31.1 Å². The number of benzene rings is 1. The molecule has 2 amide bonds. The third-order valence-corrected chi connectivity index (χ3v) is 4.00. The number of amides is 2. The molecule has 134 valence electrons. The van der Waals surface area contributed by atoms with Gasteiger partial charge in [0.2, 0.25) is 11.9 Å². The highest BCUT2D eigenvalue weighted by Crippen LogP contribution is 2.22. The number of primary amides is 1. The van der Waals surface area contributed by atoms with Crippen molar-refractivity contribution in [3.8, 4) is 0 Å². The number of carbonyl (C=O) groups excluding carboxylic acids is 2. The quantitative estimate of drug-likeness (QED) is 0.662. The molecule has 1 aromatic carbocycles. The summed E-state index contributed by atoms with van der Waals surface area (Å²) in [5, 5.41) is 7.11. The molecule has 0 atom stereocenters. The lowest BCUT2D eigenvalue weighted by molar-refractivity contribution is 0.0996. The van der Waals surface area contributed by atoms with E-state index < -0.39 is 5.91 Å². The van der Waals surface area contributed by atoms with Crippen LogP contribution >= 0.6 is 0 Å². The first-order valence-corrected chi connectivity index (χ1v) is 8.21. The van der Waals surface area contributed by atoms with Gasteiger partial charge in [-0.1, -0.05) is 6.08 Å². The Morgan fingerprint density at radius 1 is 1.35 bits per heavy atom. The van der Waals surface area contributed by atoms with E-state index in [-0.39, 0.29) is 5.91 Å². The number of nitrogens with zero attached hydrogens (tertiary/aromatic N) is 4. The fourth-order valence-corrected chi connectivity index (χ4v) is 2.83. The maximum absolute atomic E-state index is 12.7. The van der Waals surface area contributed by atoms with Crippen molar-refractivity contribution in [1.82, 2.24) is 19.3 Å². The van der Waals surface area contributed by atoms with Crippen molar-refractivity contribution < 1.29 is 9.59 Å². The Labute approximate surface area is 150 Å². The first kappa shape index (κ1) is 17.4. The number of imidazole rings is 1. The molecule has 0 saturated carbocycles. The van der Waals surface area contributed by atoms with Crippen LogP contribution in [0.1, 0.15) is 33.5 Å². The van der Waals surface area contributed by atoms with Crippen LogP contribution in [0.2, 0.25) is 0 Å². The Balaban J connectivity index is 2.02. The topological polar surface area (TPSA) is 108 Å². The fraction of sp³-hybridized carbons (Fsp3) is 0.222. The summed E-state index contributed by atoms with van der Waals surface area (Å²) in [6.45, 7) is 8.54. The number of allylic oxidation sites excluding steroid dienone is 1. The molecule has 0 saturated heterocycles. The molecule has 26 heavy (non-hydrogen) atoms. The Hall–Kier alpha value is -3.42.